The molecule has 1 heteroatoms. The summed E-state index contributed by atoms with van der Waals surface area (Å²) in [5, 5.41) is 10.4. The lowest BCUT2D eigenvalue weighted by Gasteiger charge is -2.18. The molecule has 0 aromatic rings. The van der Waals surface area contributed by atoms with Gasteiger partial charge >= 0.3 is 0 Å². The number of rotatable bonds is 26. The molecule has 0 aromatic heterocycles. The van der Waals surface area contributed by atoms with Gasteiger partial charge in [0.25, 0.3) is 0 Å². The first-order valence-corrected chi connectivity index (χ1v) is 14.9. The van der Waals surface area contributed by atoms with Crippen molar-refractivity contribution < 1.29 is 5.11 Å². The van der Waals surface area contributed by atoms with Gasteiger partial charge in [-0.1, -0.05) is 168 Å². The van der Waals surface area contributed by atoms with Crippen molar-refractivity contribution in [1.29, 1.82) is 0 Å². The van der Waals surface area contributed by atoms with Crippen molar-refractivity contribution >= 4 is 0 Å². The zero-order valence-electron chi connectivity index (χ0n) is 22.3. The maximum atomic E-state index is 10.4. The van der Waals surface area contributed by atoms with Crippen LogP contribution in [0, 0.1) is 5.92 Å². The summed E-state index contributed by atoms with van der Waals surface area (Å²) in [6.45, 7) is 6.85. The van der Waals surface area contributed by atoms with Crippen LogP contribution in [0.2, 0.25) is 0 Å². The topological polar surface area (TPSA) is 20.2 Å². The van der Waals surface area contributed by atoms with Crippen LogP contribution in [-0.4, -0.2) is 11.2 Å². The van der Waals surface area contributed by atoms with Crippen molar-refractivity contribution in [3.8, 4) is 0 Å². The third kappa shape index (κ3) is 24.4. The van der Waals surface area contributed by atoms with Crippen LogP contribution in [0.5, 0.6) is 0 Å². The highest BCUT2D eigenvalue weighted by molar-refractivity contribution is 4.65. The second-order valence-corrected chi connectivity index (χ2v) is 10.5. The van der Waals surface area contributed by atoms with Crippen LogP contribution in [0.3, 0.4) is 0 Å². The fraction of sp³-hybridized carbons (Fsp3) is 1.00. The van der Waals surface area contributed by atoms with E-state index in [4.69, 9.17) is 0 Å². The van der Waals surface area contributed by atoms with Crippen molar-refractivity contribution in [3.05, 3.63) is 0 Å². The lowest BCUT2D eigenvalue weighted by Crippen LogP contribution is -2.17. The Balaban J connectivity index is 3.29. The SMILES string of the molecule is CCCCCCCCCCCCCCC(C)C(O)CCCCCCCCCCCCC. The Morgan fingerprint density at radius 2 is 0.645 bits per heavy atom. The van der Waals surface area contributed by atoms with Gasteiger partial charge in [-0.2, -0.15) is 0 Å². The van der Waals surface area contributed by atoms with Crippen LogP contribution >= 0.6 is 0 Å². The van der Waals surface area contributed by atoms with Crippen molar-refractivity contribution in [2.24, 2.45) is 5.92 Å². The van der Waals surface area contributed by atoms with Gasteiger partial charge < -0.3 is 5.11 Å². The molecular formula is C30H62O. The highest BCUT2D eigenvalue weighted by atomic mass is 16.3. The van der Waals surface area contributed by atoms with E-state index in [1.165, 1.54) is 154 Å². The molecule has 0 saturated carbocycles. The molecule has 0 rings (SSSR count). The fourth-order valence-electron chi connectivity index (χ4n) is 4.80. The molecule has 0 radical (unpaired) electrons. The van der Waals surface area contributed by atoms with Crippen LogP contribution in [-0.2, 0) is 0 Å². The van der Waals surface area contributed by atoms with E-state index in [-0.39, 0.29) is 6.10 Å². The molecule has 1 N–H and O–H groups in total. The van der Waals surface area contributed by atoms with Crippen molar-refractivity contribution in [3.63, 3.8) is 0 Å². The van der Waals surface area contributed by atoms with Crippen LogP contribution in [0.25, 0.3) is 0 Å². The first-order chi connectivity index (χ1) is 15.2. The molecule has 0 bridgehead atoms. The number of aliphatic hydroxyl groups excluding tert-OH is 1. The van der Waals surface area contributed by atoms with Gasteiger partial charge in [0.15, 0.2) is 0 Å². The molecule has 0 amide bonds. The first-order valence-electron chi connectivity index (χ1n) is 14.9. The molecule has 0 spiro atoms. The Morgan fingerprint density at radius 3 is 0.968 bits per heavy atom. The lowest BCUT2D eigenvalue weighted by atomic mass is 9.93. The van der Waals surface area contributed by atoms with E-state index in [0.717, 1.165) is 6.42 Å². The van der Waals surface area contributed by atoms with E-state index in [1.54, 1.807) is 0 Å². The zero-order chi connectivity index (χ0) is 22.8. The number of aliphatic hydroxyl groups is 1. The van der Waals surface area contributed by atoms with Crippen molar-refractivity contribution in [1.82, 2.24) is 0 Å². The Hall–Kier alpha value is -0.0400. The van der Waals surface area contributed by atoms with E-state index in [2.05, 4.69) is 20.8 Å². The molecule has 0 aliphatic rings. The summed E-state index contributed by atoms with van der Waals surface area (Å²) in [5.41, 5.74) is 0. The van der Waals surface area contributed by atoms with Crippen molar-refractivity contribution in [2.45, 2.75) is 187 Å². The second-order valence-electron chi connectivity index (χ2n) is 10.5. The van der Waals surface area contributed by atoms with E-state index >= 15 is 0 Å². The number of hydrogen-bond donors (Lipinski definition) is 1. The molecule has 0 fully saturated rings. The molecule has 0 aliphatic heterocycles. The Labute approximate surface area is 198 Å². The molecule has 188 valence electrons. The molecule has 1 nitrogen and oxygen atoms in total. The maximum absolute atomic E-state index is 10.4. The van der Waals surface area contributed by atoms with Gasteiger partial charge in [0, 0.05) is 0 Å². The quantitative estimate of drug-likeness (QED) is 0.133. The van der Waals surface area contributed by atoms with E-state index in [0.29, 0.717) is 5.92 Å². The minimum Gasteiger partial charge on any atom is -0.393 e. The van der Waals surface area contributed by atoms with E-state index < -0.39 is 0 Å². The normalized spacial score (nSPS) is 13.5. The van der Waals surface area contributed by atoms with Gasteiger partial charge in [-0.15, -0.1) is 0 Å². The summed E-state index contributed by atoms with van der Waals surface area (Å²) in [6, 6.07) is 0. The molecule has 2 unspecified atom stereocenters. The standard InChI is InChI=1S/C30H62O/c1-4-6-8-10-12-14-16-18-19-21-23-25-27-29(3)30(31)28-26-24-22-20-17-15-13-11-9-7-5-2/h29-31H,4-28H2,1-3H3. The second kappa shape index (κ2) is 26.2. The van der Waals surface area contributed by atoms with Crippen LogP contribution < -0.4 is 0 Å². The third-order valence-electron chi connectivity index (χ3n) is 7.27. The van der Waals surface area contributed by atoms with Gasteiger partial charge in [-0.25, -0.2) is 0 Å². The van der Waals surface area contributed by atoms with Crippen LogP contribution in [0.15, 0.2) is 0 Å². The summed E-state index contributed by atoms with van der Waals surface area (Å²) in [6.07, 6.45) is 34.4. The number of hydrogen-bond acceptors (Lipinski definition) is 1. The Kier molecular flexibility index (Phi) is 26.2. The van der Waals surface area contributed by atoms with Gasteiger partial charge in [-0.05, 0) is 18.8 Å². The summed E-state index contributed by atoms with van der Waals surface area (Å²) < 4.78 is 0. The van der Waals surface area contributed by atoms with Gasteiger partial charge in [0.05, 0.1) is 6.10 Å². The molecule has 0 aromatic carbocycles. The highest BCUT2D eigenvalue weighted by Gasteiger charge is 2.13. The lowest BCUT2D eigenvalue weighted by molar-refractivity contribution is 0.0985. The van der Waals surface area contributed by atoms with Gasteiger partial charge in [0.1, 0.15) is 0 Å². The van der Waals surface area contributed by atoms with E-state index in [9.17, 15) is 5.11 Å². The Morgan fingerprint density at radius 1 is 0.387 bits per heavy atom. The molecule has 2 atom stereocenters. The van der Waals surface area contributed by atoms with E-state index in [1.807, 2.05) is 0 Å². The number of unbranched alkanes of at least 4 members (excludes halogenated alkanes) is 21. The molecule has 0 saturated heterocycles. The molecule has 0 heterocycles. The predicted molar refractivity (Wildman–Crippen MR) is 142 cm³/mol. The van der Waals surface area contributed by atoms with Crippen LogP contribution in [0.4, 0.5) is 0 Å². The van der Waals surface area contributed by atoms with Gasteiger partial charge in [-0.3, -0.25) is 0 Å². The largest absolute Gasteiger partial charge is 0.393 e. The summed E-state index contributed by atoms with van der Waals surface area (Å²) in [4.78, 5) is 0. The van der Waals surface area contributed by atoms with Gasteiger partial charge in [0.2, 0.25) is 0 Å². The maximum Gasteiger partial charge on any atom is 0.0565 e. The monoisotopic (exact) mass is 438 g/mol. The van der Waals surface area contributed by atoms with Crippen LogP contribution in [0.1, 0.15) is 181 Å². The molecule has 0 aliphatic carbocycles. The fourth-order valence-corrected chi connectivity index (χ4v) is 4.80. The average Bonchev–Trinajstić information content (AvgIpc) is 2.77. The molecule has 31 heavy (non-hydrogen) atoms. The summed E-state index contributed by atoms with van der Waals surface area (Å²) in [5.74, 6) is 0.492. The van der Waals surface area contributed by atoms with Crippen molar-refractivity contribution in [2.75, 3.05) is 0 Å². The zero-order valence-corrected chi connectivity index (χ0v) is 22.3. The average molecular weight is 439 g/mol. The highest BCUT2D eigenvalue weighted by Crippen LogP contribution is 2.20. The summed E-state index contributed by atoms with van der Waals surface area (Å²) >= 11 is 0. The molecular weight excluding hydrogens is 376 g/mol. The smallest absolute Gasteiger partial charge is 0.0565 e. The minimum atomic E-state index is -0.0636. The predicted octanol–water partition coefficient (Wildman–Crippen LogP) is 10.8. The minimum absolute atomic E-state index is 0.0636. The first kappa shape index (κ1) is 31.0. The Bertz CT molecular complexity index is 314. The summed E-state index contributed by atoms with van der Waals surface area (Å²) in [7, 11) is 0. The third-order valence-corrected chi connectivity index (χ3v) is 7.27.